The molecule has 17 heavy (non-hydrogen) atoms. The molecule has 2 N–H and O–H groups in total. The fourth-order valence-corrected chi connectivity index (χ4v) is 1.89. The molecule has 0 bridgehead atoms. The van der Waals surface area contributed by atoms with Crippen LogP contribution in [0.3, 0.4) is 0 Å². The van der Waals surface area contributed by atoms with Crippen molar-refractivity contribution < 1.29 is 0 Å². The Morgan fingerprint density at radius 2 is 2.24 bits per heavy atom. The van der Waals surface area contributed by atoms with E-state index in [9.17, 15) is 0 Å². The lowest BCUT2D eigenvalue weighted by Crippen LogP contribution is -2.07. The molecule has 5 heteroatoms. The highest BCUT2D eigenvalue weighted by atomic mass is 15.1. The van der Waals surface area contributed by atoms with Crippen molar-refractivity contribution in [3.8, 4) is 0 Å². The number of hydrogen-bond donors (Lipinski definition) is 2. The average molecular weight is 227 g/mol. The number of hydrogen-bond acceptors (Lipinski definition) is 4. The monoisotopic (exact) mass is 227 g/mol. The molecular weight excluding hydrogens is 214 g/mol. The van der Waals surface area contributed by atoms with E-state index in [4.69, 9.17) is 0 Å². The molecule has 1 aliphatic carbocycles. The minimum Gasteiger partial charge on any atom is -0.364 e. The second-order valence-corrected chi connectivity index (χ2v) is 3.95. The zero-order chi connectivity index (χ0) is 11.5. The summed E-state index contributed by atoms with van der Waals surface area (Å²) in [6.07, 6.45) is 11.8. The summed E-state index contributed by atoms with van der Waals surface area (Å²) in [4.78, 5) is 15.4. The summed E-state index contributed by atoms with van der Waals surface area (Å²) in [5.74, 6) is 0.808. The summed E-state index contributed by atoms with van der Waals surface area (Å²) < 4.78 is 0. The van der Waals surface area contributed by atoms with Crippen molar-refractivity contribution in [3.63, 3.8) is 0 Å². The second kappa shape index (κ2) is 4.37. The Labute approximate surface area is 98.7 Å². The minimum absolute atomic E-state index is 0.694. The molecule has 2 aromatic heterocycles. The van der Waals surface area contributed by atoms with E-state index in [1.165, 1.54) is 11.9 Å². The fourth-order valence-electron chi connectivity index (χ4n) is 1.89. The fraction of sp³-hybridized carbons (Fsp3) is 0.250. The van der Waals surface area contributed by atoms with Gasteiger partial charge in [0.15, 0.2) is 11.5 Å². The van der Waals surface area contributed by atoms with Gasteiger partial charge >= 0.3 is 0 Å². The highest BCUT2D eigenvalue weighted by Crippen LogP contribution is 2.16. The average Bonchev–Trinajstić information content (AvgIpc) is 2.86. The van der Waals surface area contributed by atoms with Crippen LogP contribution in [0.2, 0.25) is 0 Å². The Morgan fingerprint density at radius 3 is 3.12 bits per heavy atom. The Bertz CT molecular complexity index is 581. The first-order chi connectivity index (χ1) is 8.43. The molecule has 0 aromatic carbocycles. The Balaban J connectivity index is 1.76. The van der Waals surface area contributed by atoms with Gasteiger partial charge in [0.1, 0.15) is 11.8 Å². The quantitative estimate of drug-likeness (QED) is 0.787. The van der Waals surface area contributed by atoms with Crippen molar-refractivity contribution in [1.29, 1.82) is 0 Å². The standard InChI is InChI=1S/C12H13N5/c1-2-4-9(5-3-1)6-13-11-10-12(15-7-14-10)17-8-16-11/h1-2,5,7-8H,3-4,6H2,(H2,13,14,15,16,17). The second-order valence-electron chi connectivity index (χ2n) is 3.95. The van der Waals surface area contributed by atoms with Gasteiger partial charge in [-0.2, -0.15) is 0 Å². The van der Waals surface area contributed by atoms with Gasteiger partial charge in [0.05, 0.1) is 6.33 Å². The maximum absolute atomic E-state index is 4.22. The molecule has 0 saturated heterocycles. The Hall–Kier alpha value is -2.17. The van der Waals surface area contributed by atoms with Crippen LogP contribution < -0.4 is 5.32 Å². The van der Waals surface area contributed by atoms with Crippen molar-refractivity contribution in [1.82, 2.24) is 19.9 Å². The van der Waals surface area contributed by atoms with Gasteiger partial charge in [-0.1, -0.05) is 23.8 Å². The van der Waals surface area contributed by atoms with Gasteiger partial charge in [-0.15, -0.1) is 0 Å². The molecule has 0 unspecified atom stereocenters. The third-order valence-corrected chi connectivity index (χ3v) is 2.80. The summed E-state index contributed by atoms with van der Waals surface area (Å²) in [7, 11) is 0. The Kier molecular flexibility index (Phi) is 2.57. The first-order valence-electron chi connectivity index (χ1n) is 5.64. The molecule has 5 nitrogen and oxygen atoms in total. The highest BCUT2D eigenvalue weighted by Gasteiger charge is 2.06. The van der Waals surface area contributed by atoms with Crippen LogP contribution in [0.4, 0.5) is 5.82 Å². The predicted molar refractivity (Wildman–Crippen MR) is 66.6 cm³/mol. The molecule has 0 atom stereocenters. The number of allylic oxidation sites excluding steroid dienone is 3. The largest absolute Gasteiger partial charge is 0.364 e. The lowest BCUT2D eigenvalue weighted by atomic mass is 10.1. The molecule has 2 aromatic rings. The van der Waals surface area contributed by atoms with E-state index in [-0.39, 0.29) is 0 Å². The van der Waals surface area contributed by atoms with Crippen LogP contribution in [0.15, 0.2) is 36.5 Å². The van der Waals surface area contributed by atoms with Crippen LogP contribution >= 0.6 is 0 Å². The summed E-state index contributed by atoms with van der Waals surface area (Å²) in [6.45, 7) is 0.815. The van der Waals surface area contributed by atoms with Crippen molar-refractivity contribution in [2.24, 2.45) is 0 Å². The smallest absolute Gasteiger partial charge is 0.182 e. The number of rotatable bonds is 3. The van der Waals surface area contributed by atoms with Crippen LogP contribution in [-0.4, -0.2) is 26.5 Å². The molecule has 0 amide bonds. The van der Waals surface area contributed by atoms with Crippen LogP contribution in [0.25, 0.3) is 11.2 Å². The predicted octanol–water partition coefficient (Wildman–Crippen LogP) is 2.04. The van der Waals surface area contributed by atoms with Crippen LogP contribution in [0.5, 0.6) is 0 Å². The van der Waals surface area contributed by atoms with E-state index < -0.39 is 0 Å². The van der Waals surface area contributed by atoms with E-state index >= 15 is 0 Å². The summed E-state index contributed by atoms with van der Waals surface area (Å²) >= 11 is 0. The van der Waals surface area contributed by atoms with Gasteiger partial charge in [0.2, 0.25) is 0 Å². The molecule has 0 radical (unpaired) electrons. The van der Waals surface area contributed by atoms with Gasteiger partial charge in [-0.05, 0) is 12.8 Å². The zero-order valence-corrected chi connectivity index (χ0v) is 9.35. The molecule has 0 aliphatic heterocycles. The molecule has 86 valence electrons. The normalized spacial score (nSPS) is 14.9. The molecule has 0 spiro atoms. The van der Waals surface area contributed by atoms with Crippen molar-refractivity contribution >= 4 is 17.0 Å². The summed E-state index contributed by atoms with van der Waals surface area (Å²) in [5.41, 5.74) is 2.94. The molecular formula is C12H13N5. The first-order valence-corrected chi connectivity index (χ1v) is 5.64. The van der Waals surface area contributed by atoms with Gasteiger partial charge in [-0.3, -0.25) is 0 Å². The van der Waals surface area contributed by atoms with Crippen molar-refractivity contribution in [2.45, 2.75) is 12.8 Å². The van der Waals surface area contributed by atoms with Gasteiger partial charge in [0.25, 0.3) is 0 Å². The number of aromatic amines is 1. The topological polar surface area (TPSA) is 66.5 Å². The van der Waals surface area contributed by atoms with Gasteiger partial charge < -0.3 is 10.3 Å². The zero-order valence-electron chi connectivity index (χ0n) is 9.35. The number of fused-ring (bicyclic) bond motifs is 1. The summed E-state index contributed by atoms with van der Waals surface area (Å²) in [5, 5.41) is 3.32. The van der Waals surface area contributed by atoms with E-state index in [1.807, 2.05) is 0 Å². The first kappa shape index (κ1) is 10.0. The molecule has 3 rings (SSSR count). The number of imidazole rings is 1. The lowest BCUT2D eigenvalue weighted by Gasteiger charge is -2.10. The molecule has 1 aliphatic rings. The molecule has 0 fully saturated rings. The van der Waals surface area contributed by atoms with Crippen molar-refractivity contribution in [3.05, 3.63) is 36.5 Å². The number of aromatic nitrogens is 4. The number of anilines is 1. The summed E-state index contributed by atoms with van der Waals surface area (Å²) in [6, 6.07) is 0. The van der Waals surface area contributed by atoms with E-state index in [2.05, 4.69) is 43.5 Å². The minimum atomic E-state index is 0.694. The van der Waals surface area contributed by atoms with E-state index in [1.54, 1.807) is 6.33 Å². The van der Waals surface area contributed by atoms with Crippen LogP contribution in [0, 0.1) is 0 Å². The van der Waals surface area contributed by atoms with Crippen LogP contribution in [-0.2, 0) is 0 Å². The van der Waals surface area contributed by atoms with Gasteiger partial charge in [-0.25, -0.2) is 15.0 Å². The Morgan fingerprint density at radius 1 is 1.24 bits per heavy atom. The van der Waals surface area contributed by atoms with E-state index in [0.717, 1.165) is 30.7 Å². The maximum atomic E-state index is 4.22. The number of nitrogens with one attached hydrogen (secondary N) is 2. The SMILES string of the molecule is C1=CCC(CNc2ncnc3nc[nH]c23)=CC1. The lowest BCUT2D eigenvalue weighted by molar-refractivity contribution is 1.04. The third-order valence-electron chi connectivity index (χ3n) is 2.80. The number of H-pyrrole nitrogens is 1. The number of nitrogens with zero attached hydrogens (tertiary/aromatic N) is 3. The van der Waals surface area contributed by atoms with E-state index in [0.29, 0.717) is 5.65 Å². The van der Waals surface area contributed by atoms with Crippen molar-refractivity contribution in [2.75, 3.05) is 11.9 Å². The molecule has 0 saturated carbocycles. The van der Waals surface area contributed by atoms with Gasteiger partial charge in [0, 0.05) is 6.54 Å². The third kappa shape index (κ3) is 2.04. The maximum Gasteiger partial charge on any atom is 0.182 e. The van der Waals surface area contributed by atoms with Crippen LogP contribution in [0.1, 0.15) is 12.8 Å². The molecule has 2 heterocycles. The highest BCUT2D eigenvalue weighted by molar-refractivity contribution is 5.81.